The van der Waals surface area contributed by atoms with E-state index >= 15 is 0 Å². The predicted octanol–water partition coefficient (Wildman–Crippen LogP) is 1.05. The van der Waals surface area contributed by atoms with E-state index in [-0.39, 0.29) is 19.1 Å². The second kappa shape index (κ2) is 7.27. The average Bonchev–Trinajstić information content (AvgIpc) is 2.35. The molecule has 0 bridgehead atoms. The number of benzene rings is 1. The molecule has 0 aliphatic rings. The summed E-state index contributed by atoms with van der Waals surface area (Å²) in [5.74, 6) is -0.248. The Bertz CT molecular complexity index is 365. The molecule has 0 aliphatic carbocycles. The molecule has 0 atom stereocenters. The van der Waals surface area contributed by atoms with Gasteiger partial charge in [-0.2, -0.15) is 0 Å². The van der Waals surface area contributed by atoms with Crippen LogP contribution in [0, 0.1) is 0 Å². The van der Waals surface area contributed by atoms with Crippen molar-refractivity contribution in [2.75, 3.05) is 13.2 Å². The lowest BCUT2D eigenvalue weighted by Gasteiger charge is -2.06. The standard InChI is InChI=1S/C12H16N2O3/c1-2-17-12(16)14-9-11(15)13-8-10-6-4-3-5-7-10/h3-7H,2,8-9H2,1H3,(H,13,15)(H,14,16). The monoisotopic (exact) mass is 236 g/mol. The van der Waals surface area contributed by atoms with Gasteiger partial charge < -0.3 is 15.4 Å². The van der Waals surface area contributed by atoms with Crippen molar-refractivity contribution >= 4 is 12.0 Å². The highest BCUT2D eigenvalue weighted by Crippen LogP contribution is 1.96. The minimum absolute atomic E-state index is 0.0777. The van der Waals surface area contributed by atoms with E-state index in [2.05, 4.69) is 15.4 Å². The molecule has 5 heteroatoms. The summed E-state index contributed by atoms with van der Waals surface area (Å²) in [4.78, 5) is 22.3. The van der Waals surface area contributed by atoms with Crippen molar-refractivity contribution < 1.29 is 14.3 Å². The van der Waals surface area contributed by atoms with E-state index in [9.17, 15) is 9.59 Å². The van der Waals surface area contributed by atoms with Gasteiger partial charge in [0.25, 0.3) is 0 Å². The molecule has 1 aromatic rings. The van der Waals surface area contributed by atoms with E-state index in [1.807, 2.05) is 30.3 Å². The molecule has 0 saturated carbocycles. The van der Waals surface area contributed by atoms with Crippen LogP contribution in [0.4, 0.5) is 4.79 Å². The number of alkyl carbamates (subject to hydrolysis) is 1. The largest absolute Gasteiger partial charge is 0.450 e. The SMILES string of the molecule is CCOC(=O)NCC(=O)NCc1ccccc1. The molecule has 0 aliphatic heterocycles. The number of nitrogens with one attached hydrogen (secondary N) is 2. The Labute approximate surface area is 100 Å². The lowest BCUT2D eigenvalue weighted by molar-refractivity contribution is -0.120. The van der Waals surface area contributed by atoms with Gasteiger partial charge in [-0.3, -0.25) is 4.79 Å². The molecule has 0 aromatic heterocycles. The van der Waals surface area contributed by atoms with E-state index in [1.165, 1.54) is 0 Å². The lowest BCUT2D eigenvalue weighted by Crippen LogP contribution is -2.36. The third kappa shape index (κ3) is 5.55. The second-order valence-corrected chi connectivity index (χ2v) is 3.34. The van der Waals surface area contributed by atoms with Crippen molar-refractivity contribution in [1.29, 1.82) is 0 Å². The van der Waals surface area contributed by atoms with Gasteiger partial charge in [-0.05, 0) is 12.5 Å². The van der Waals surface area contributed by atoms with Crippen LogP contribution in [0.3, 0.4) is 0 Å². The number of carbonyl (C=O) groups is 2. The Morgan fingerprint density at radius 3 is 2.53 bits per heavy atom. The Kier molecular flexibility index (Phi) is 5.57. The number of hydrogen-bond donors (Lipinski definition) is 2. The maximum Gasteiger partial charge on any atom is 0.407 e. The van der Waals surface area contributed by atoms with E-state index in [1.54, 1.807) is 6.92 Å². The maximum atomic E-state index is 11.3. The molecule has 1 rings (SSSR count). The number of hydrogen-bond acceptors (Lipinski definition) is 3. The molecule has 17 heavy (non-hydrogen) atoms. The van der Waals surface area contributed by atoms with Crippen molar-refractivity contribution in [2.24, 2.45) is 0 Å². The van der Waals surface area contributed by atoms with Crippen molar-refractivity contribution in [1.82, 2.24) is 10.6 Å². The Morgan fingerprint density at radius 2 is 1.88 bits per heavy atom. The summed E-state index contributed by atoms with van der Waals surface area (Å²) in [5, 5.41) is 5.03. The summed E-state index contributed by atoms with van der Waals surface area (Å²) in [6.45, 7) is 2.36. The van der Waals surface area contributed by atoms with Gasteiger partial charge in [-0.15, -0.1) is 0 Å². The number of ether oxygens (including phenoxy) is 1. The van der Waals surface area contributed by atoms with Crippen molar-refractivity contribution in [3.63, 3.8) is 0 Å². The third-order valence-corrected chi connectivity index (χ3v) is 2.00. The summed E-state index contributed by atoms with van der Waals surface area (Å²) in [6, 6.07) is 9.54. The molecule has 2 amide bonds. The molecule has 0 unspecified atom stereocenters. The first-order chi connectivity index (χ1) is 8.22. The molecule has 0 saturated heterocycles. The summed E-state index contributed by atoms with van der Waals surface area (Å²) < 4.78 is 4.63. The number of rotatable bonds is 5. The van der Waals surface area contributed by atoms with Crippen molar-refractivity contribution in [2.45, 2.75) is 13.5 Å². The van der Waals surface area contributed by atoms with Gasteiger partial charge in [0.1, 0.15) is 6.54 Å². The third-order valence-electron chi connectivity index (χ3n) is 2.00. The zero-order valence-corrected chi connectivity index (χ0v) is 9.73. The molecule has 1 aromatic carbocycles. The van der Waals surface area contributed by atoms with Gasteiger partial charge in [0.05, 0.1) is 6.61 Å². The minimum Gasteiger partial charge on any atom is -0.450 e. The van der Waals surface area contributed by atoms with Crippen LogP contribution in [0.5, 0.6) is 0 Å². The van der Waals surface area contributed by atoms with Crippen LogP contribution in [-0.2, 0) is 16.1 Å². The quantitative estimate of drug-likeness (QED) is 0.803. The second-order valence-electron chi connectivity index (χ2n) is 3.34. The number of amides is 2. The molecule has 92 valence electrons. The van der Waals surface area contributed by atoms with E-state index in [4.69, 9.17) is 0 Å². The highest BCUT2D eigenvalue weighted by molar-refractivity contribution is 5.82. The Balaban J connectivity index is 2.20. The summed E-state index contributed by atoms with van der Waals surface area (Å²) in [5.41, 5.74) is 1.01. The van der Waals surface area contributed by atoms with Crippen LogP contribution in [0.25, 0.3) is 0 Å². The Hall–Kier alpha value is -2.04. The first kappa shape index (κ1) is 13.0. The van der Waals surface area contributed by atoms with Crippen LogP contribution in [0.1, 0.15) is 12.5 Å². The lowest BCUT2D eigenvalue weighted by atomic mass is 10.2. The van der Waals surface area contributed by atoms with E-state index in [0.717, 1.165) is 5.56 Å². The van der Waals surface area contributed by atoms with Crippen LogP contribution in [0.2, 0.25) is 0 Å². The highest BCUT2D eigenvalue weighted by Gasteiger charge is 2.04. The number of carbonyl (C=O) groups excluding carboxylic acids is 2. The zero-order chi connectivity index (χ0) is 12.5. The molecule has 5 nitrogen and oxygen atoms in total. The molecule has 2 N–H and O–H groups in total. The van der Waals surface area contributed by atoms with Crippen LogP contribution in [0.15, 0.2) is 30.3 Å². The summed E-state index contributed by atoms with van der Waals surface area (Å²) in [6.07, 6.45) is -0.581. The Morgan fingerprint density at radius 1 is 1.18 bits per heavy atom. The average molecular weight is 236 g/mol. The first-order valence-corrected chi connectivity index (χ1v) is 5.43. The summed E-state index contributed by atoms with van der Waals surface area (Å²) in [7, 11) is 0. The predicted molar refractivity (Wildman–Crippen MR) is 63.3 cm³/mol. The maximum absolute atomic E-state index is 11.3. The molecule has 0 heterocycles. The summed E-state index contributed by atoms with van der Waals surface area (Å²) >= 11 is 0. The molecule has 0 radical (unpaired) electrons. The van der Waals surface area contributed by atoms with Gasteiger partial charge >= 0.3 is 6.09 Å². The van der Waals surface area contributed by atoms with Gasteiger partial charge in [0.2, 0.25) is 5.91 Å². The molecular formula is C12H16N2O3. The van der Waals surface area contributed by atoms with Gasteiger partial charge in [-0.25, -0.2) is 4.79 Å². The van der Waals surface area contributed by atoms with E-state index in [0.29, 0.717) is 6.54 Å². The normalized spacial score (nSPS) is 9.47. The molecule has 0 spiro atoms. The minimum atomic E-state index is -0.581. The van der Waals surface area contributed by atoms with Gasteiger partial charge in [-0.1, -0.05) is 30.3 Å². The van der Waals surface area contributed by atoms with Crippen molar-refractivity contribution in [3.8, 4) is 0 Å². The fourth-order valence-electron chi connectivity index (χ4n) is 1.19. The topological polar surface area (TPSA) is 67.4 Å². The molecular weight excluding hydrogens is 220 g/mol. The van der Waals surface area contributed by atoms with E-state index < -0.39 is 6.09 Å². The fourth-order valence-corrected chi connectivity index (χ4v) is 1.19. The first-order valence-electron chi connectivity index (χ1n) is 5.43. The van der Waals surface area contributed by atoms with Gasteiger partial charge in [0, 0.05) is 6.54 Å². The fraction of sp³-hybridized carbons (Fsp3) is 0.333. The van der Waals surface area contributed by atoms with Crippen LogP contribution < -0.4 is 10.6 Å². The van der Waals surface area contributed by atoms with Crippen LogP contribution in [-0.4, -0.2) is 25.2 Å². The smallest absolute Gasteiger partial charge is 0.407 e. The molecule has 0 fully saturated rings. The van der Waals surface area contributed by atoms with Crippen LogP contribution >= 0.6 is 0 Å². The van der Waals surface area contributed by atoms with Crippen molar-refractivity contribution in [3.05, 3.63) is 35.9 Å². The van der Waals surface area contributed by atoms with Gasteiger partial charge in [0.15, 0.2) is 0 Å². The highest BCUT2D eigenvalue weighted by atomic mass is 16.5. The zero-order valence-electron chi connectivity index (χ0n) is 9.73.